The number of ether oxygens (including phenoxy) is 1. The summed E-state index contributed by atoms with van der Waals surface area (Å²) in [6.07, 6.45) is 0.443. The largest absolute Gasteiger partial charge is 0.497 e. The maximum atomic E-state index is 14.9. The highest BCUT2D eigenvalue weighted by Gasteiger charge is 2.64. The summed E-state index contributed by atoms with van der Waals surface area (Å²) < 4.78 is 11.4. The minimum Gasteiger partial charge on any atom is -0.497 e. The molecule has 7 rings (SSSR count). The monoisotopic (exact) mass is 590 g/mol. The van der Waals surface area contributed by atoms with Gasteiger partial charge in [-0.2, -0.15) is 0 Å². The zero-order valence-corrected chi connectivity index (χ0v) is 24.4. The second-order valence-corrected chi connectivity index (χ2v) is 11.4. The maximum Gasteiger partial charge on any atom is 0.291 e. The minimum absolute atomic E-state index is 0.0332. The molecule has 0 saturated carbocycles. The third-order valence-corrected chi connectivity index (χ3v) is 8.68. The molecule has 8 heteroatoms. The van der Waals surface area contributed by atoms with E-state index in [-0.39, 0.29) is 41.3 Å². The van der Waals surface area contributed by atoms with Gasteiger partial charge in [-0.05, 0) is 60.9 Å². The molecule has 0 fully saturated rings. The van der Waals surface area contributed by atoms with Crippen LogP contribution >= 0.6 is 11.6 Å². The molecule has 2 aliphatic heterocycles. The third-order valence-electron chi connectivity index (χ3n) is 8.44. The molecule has 7 nitrogen and oxygen atoms in total. The van der Waals surface area contributed by atoms with Crippen LogP contribution in [0.1, 0.15) is 38.4 Å². The van der Waals surface area contributed by atoms with E-state index in [4.69, 9.17) is 20.8 Å². The van der Waals surface area contributed by atoms with Gasteiger partial charge in [-0.25, -0.2) is 0 Å². The SMILES string of the molecule is COc1ccc(CCN2C(=O)c3oc4ccc(Cl)cc4c(=O)c3C23C(=O)N(Cc2ccc(C)cc2)c2ccccc23)cc1. The number of benzene rings is 4. The number of halogens is 1. The van der Waals surface area contributed by atoms with Crippen molar-refractivity contribution in [3.05, 3.63) is 140 Å². The molecule has 0 bridgehead atoms. The van der Waals surface area contributed by atoms with Crippen LogP contribution in [0.15, 0.2) is 100 Å². The lowest BCUT2D eigenvalue weighted by molar-refractivity contribution is -0.126. The van der Waals surface area contributed by atoms with Gasteiger partial charge >= 0.3 is 0 Å². The molecule has 2 amide bonds. The molecule has 1 unspecified atom stereocenters. The third kappa shape index (κ3) is 4.07. The van der Waals surface area contributed by atoms with Gasteiger partial charge in [0.25, 0.3) is 11.8 Å². The van der Waals surface area contributed by atoms with Crippen LogP contribution in [0.5, 0.6) is 5.75 Å². The van der Waals surface area contributed by atoms with Gasteiger partial charge < -0.3 is 19.0 Å². The molecule has 5 aromatic rings. The van der Waals surface area contributed by atoms with Gasteiger partial charge in [0, 0.05) is 17.1 Å². The highest BCUT2D eigenvalue weighted by Crippen LogP contribution is 2.53. The number of carbonyl (C=O) groups excluding carboxylic acids is 2. The molecule has 3 heterocycles. The van der Waals surface area contributed by atoms with Crippen molar-refractivity contribution < 1.29 is 18.7 Å². The topological polar surface area (TPSA) is 80.1 Å². The predicted molar refractivity (Wildman–Crippen MR) is 165 cm³/mol. The van der Waals surface area contributed by atoms with Gasteiger partial charge in [0.15, 0.2) is 11.0 Å². The number of aryl methyl sites for hydroxylation is 1. The number of carbonyl (C=O) groups is 2. The number of rotatable bonds is 6. The van der Waals surface area contributed by atoms with E-state index in [1.165, 1.54) is 11.0 Å². The lowest BCUT2D eigenvalue weighted by atomic mass is 9.83. The average Bonchev–Trinajstić information content (AvgIpc) is 3.41. The lowest BCUT2D eigenvalue weighted by Gasteiger charge is -2.34. The van der Waals surface area contributed by atoms with Crippen molar-refractivity contribution in [3.8, 4) is 5.75 Å². The molecule has 0 aliphatic carbocycles. The Morgan fingerprint density at radius 3 is 2.35 bits per heavy atom. The van der Waals surface area contributed by atoms with Gasteiger partial charge in [-0.15, -0.1) is 0 Å². The van der Waals surface area contributed by atoms with Crippen LogP contribution < -0.4 is 15.1 Å². The Balaban J connectivity index is 1.43. The molecule has 2 aliphatic rings. The first kappa shape index (κ1) is 27.0. The fourth-order valence-electron chi connectivity index (χ4n) is 6.33. The fraction of sp³-hybridized carbons (Fsp3) is 0.171. The summed E-state index contributed by atoms with van der Waals surface area (Å²) in [7, 11) is 1.60. The quantitative estimate of drug-likeness (QED) is 0.233. The maximum absolute atomic E-state index is 14.9. The van der Waals surface area contributed by atoms with Crippen molar-refractivity contribution in [2.45, 2.75) is 25.4 Å². The Morgan fingerprint density at radius 1 is 0.884 bits per heavy atom. The first-order valence-electron chi connectivity index (χ1n) is 14.0. The highest BCUT2D eigenvalue weighted by molar-refractivity contribution is 6.31. The summed E-state index contributed by atoms with van der Waals surface area (Å²) in [6.45, 7) is 2.45. The van der Waals surface area contributed by atoms with E-state index in [9.17, 15) is 14.4 Å². The molecular weight excluding hydrogens is 564 g/mol. The van der Waals surface area contributed by atoms with Crippen molar-refractivity contribution in [1.82, 2.24) is 4.90 Å². The first-order valence-corrected chi connectivity index (χ1v) is 14.4. The van der Waals surface area contributed by atoms with Crippen LogP contribution in [0.4, 0.5) is 5.69 Å². The Bertz CT molecular complexity index is 1980. The normalized spacial score (nSPS) is 17.2. The van der Waals surface area contributed by atoms with Crippen LogP contribution in [0.2, 0.25) is 5.02 Å². The number of nitrogens with zero attached hydrogens (tertiary/aromatic N) is 2. The number of fused-ring (bicyclic) bond motifs is 5. The number of hydrogen-bond donors (Lipinski definition) is 0. The molecule has 1 spiro atoms. The standard InChI is InChI=1S/C35H27ClN2O5/c1-21-7-9-23(10-8-21)20-37-28-6-4-3-5-27(28)35(34(37)41)30-31(39)26-19-24(36)13-16-29(26)43-32(30)33(40)38(35)18-17-22-11-14-25(42-2)15-12-22/h3-16,19H,17-18,20H2,1-2H3. The van der Waals surface area contributed by atoms with Gasteiger partial charge in [-0.3, -0.25) is 14.4 Å². The molecular formula is C35H27ClN2O5. The molecule has 4 aromatic carbocycles. The Morgan fingerprint density at radius 2 is 1.60 bits per heavy atom. The zero-order valence-electron chi connectivity index (χ0n) is 23.6. The summed E-state index contributed by atoms with van der Waals surface area (Å²) in [6, 6.07) is 27.6. The molecule has 43 heavy (non-hydrogen) atoms. The smallest absolute Gasteiger partial charge is 0.291 e. The van der Waals surface area contributed by atoms with Crippen LogP contribution in [0.3, 0.4) is 0 Å². The van der Waals surface area contributed by atoms with E-state index >= 15 is 0 Å². The van der Waals surface area contributed by atoms with Crippen molar-refractivity contribution in [2.75, 3.05) is 18.6 Å². The lowest BCUT2D eigenvalue weighted by Crippen LogP contribution is -2.53. The van der Waals surface area contributed by atoms with Gasteiger partial charge in [0.1, 0.15) is 11.3 Å². The average molecular weight is 591 g/mol. The van der Waals surface area contributed by atoms with Gasteiger partial charge in [-0.1, -0.05) is 71.8 Å². The van der Waals surface area contributed by atoms with Crippen molar-refractivity contribution in [2.24, 2.45) is 0 Å². The summed E-state index contributed by atoms with van der Waals surface area (Å²) >= 11 is 6.28. The highest BCUT2D eigenvalue weighted by atomic mass is 35.5. The molecule has 1 aromatic heterocycles. The van der Waals surface area contributed by atoms with E-state index in [0.29, 0.717) is 22.7 Å². The molecule has 1 atom stereocenters. The Labute approximate surface area is 252 Å². The minimum atomic E-state index is -1.70. The molecule has 0 saturated heterocycles. The summed E-state index contributed by atoms with van der Waals surface area (Å²) in [5, 5.41) is 0.575. The number of para-hydroxylation sites is 1. The zero-order chi connectivity index (χ0) is 29.9. The van der Waals surface area contributed by atoms with E-state index in [1.807, 2.05) is 79.7 Å². The van der Waals surface area contributed by atoms with Crippen molar-refractivity contribution in [3.63, 3.8) is 0 Å². The van der Waals surface area contributed by atoms with Crippen LogP contribution in [-0.2, 0) is 23.3 Å². The second-order valence-electron chi connectivity index (χ2n) is 10.9. The van der Waals surface area contributed by atoms with Crippen LogP contribution in [0, 0.1) is 6.92 Å². The van der Waals surface area contributed by atoms with Crippen molar-refractivity contribution in [1.29, 1.82) is 0 Å². The van der Waals surface area contributed by atoms with Crippen LogP contribution in [-0.4, -0.2) is 30.4 Å². The van der Waals surface area contributed by atoms with Crippen LogP contribution in [0.25, 0.3) is 11.0 Å². The second kappa shape index (κ2) is 10.1. The van der Waals surface area contributed by atoms with Gasteiger partial charge in [0.2, 0.25) is 5.76 Å². The van der Waals surface area contributed by atoms with E-state index in [0.717, 1.165) is 22.4 Å². The molecule has 214 valence electrons. The number of methoxy groups -OCH3 is 1. The van der Waals surface area contributed by atoms with Crippen molar-refractivity contribution >= 4 is 40.1 Å². The van der Waals surface area contributed by atoms with E-state index in [2.05, 4.69) is 0 Å². The fourth-order valence-corrected chi connectivity index (χ4v) is 6.50. The Kier molecular flexibility index (Phi) is 6.36. The molecule has 0 N–H and O–H groups in total. The predicted octanol–water partition coefficient (Wildman–Crippen LogP) is 6.25. The number of amides is 2. The number of hydrogen-bond acceptors (Lipinski definition) is 5. The summed E-state index contributed by atoms with van der Waals surface area (Å²) in [4.78, 5) is 46.7. The summed E-state index contributed by atoms with van der Waals surface area (Å²) in [5.74, 6) is -0.269. The first-order chi connectivity index (χ1) is 20.8. The van der Waals surface area contributed by atoms with E-state index in [1.54, 1.807) is 24.1 Å². The van der Waals surface area contributed by atoms with E-state index < -0.39 is 16.9 Å². The summed E-state index contributed by atoms with van der Waals surface area (Å²) in [5.41, 5.74) is 2.34. The Hall–Kier alpha value is -4.88. The van der Waals surface area contributed by atoms with Gasteiger partial charge in [0.05, 0.1) is 30.3 Å². The molecule has 0 radical (unpaired) electrons. The number of anilines is 1.